The minimum atomic E-state index is -0.338. The molecule has 3 atom stereocenters. The van der Waals surface area contributed by atoms with Crippen LogP contribution in [0.3, 0.4) is 0 Å². The van der Waals surface area contributed by atoms with E-state index in [-0.39, 0.29) is 12.0 Å². The first-order valence-electron chi connectivity index (χ1n) is 6.68. The molecular formula is C14H18ClNO3. The number of aryl methyl sites for hydroxylation is 1. The highest BCUT2D eigenvalue weighted by molar-refractivity contribution is 6.29. The summed E-state index contributed by atoms with van der Waals surface area (Å²) in [4.78, 5) is 4.26. The molecule has 2 heterocycles. The fourth-order valence-corrected chi connectivity index (χ4v) is 3.44. The monoisotopic (exact) mass is 283 g/mol. The van der Waals surface area contributed by atoms with Gasteiger partial charge in [0.15, 0.2) is 0 Å². The summed E-state index contributed by atoms with van der Waals surface area (Å²) in [6.45, 7) is 1.11. The number of fused-ring (bicyclic) bond motifs is 1. The molecule has 1 saturated heterocycles. The van der Waals surface area contributed by atoms with Gasteiger partial charge < -0.3 is 14.6 Å². The molecule has 1 aromatic rings. The molecular weight excluding hydrogens is 266 g/mol. The third kappa shape index (κ3) is 2.45. The van der Waals surface area contributed by atoms with E-state index in [9.17, 15) is 5.11 Å². The van der Waals surface area contributed by atoms with E-state index >= 15 is 0 Å². The van der Waals surface area contributed by atoms with E-state index in [2.05, 4.69) is 4.98 Å². The first kappa shape index (κ1) is 13.2. The molecule has 0 unspecified atom stereocenters. The van der Waals surface area contributed by atoms with Crippen LogP contribution < -0.4 is 4.74 Å². The quantitative estimate of drug-likeness (QED) is 0.864. The van der Waals surface area contributed by atoms with E-state index in [1.165, 1.54) is 11.1 Å². The Labute approximate surface area is 117 Å². The third-order valence-electron chi connectivity index (χ3n) is 4.19. The molecule has 1 fully saturated rings. The number of halogens is 1. The smallest absolute Gasteiger partial charge is 0.218 e. The second-order valence-electron chi connectivity index (χ2n) is 5.36. The van der Waals surface area contributed by atoms with Crippen LogP contribution in [0.25, 0.3) is 0 Å². The highest BCUT2D eigenvalue weighted by Crippen LogP contribution is 2.43. The summed E-state index contributed by atoms with van der Waals surface area (Å²) in [5.74, 6) is 1.24. The van der Waals surface area contributed by atoms with Gasteiger partial charge in [-0.05, 0) is 36.8 Å². The summed E-state index contributed by atoms with van der Waals surface area (Å²) >= 11 is 6.00. The van der Waals surface area contributed by atoms with Gasteiger partial charge in [-0.3, -0.25) is 0 Å². The lowest BCUT2D eigenvalue weighted by Gasteiger charge is -2.19. The van der Waals surface area contributed by atoms with Crippen molar-refractivity contribution in [2.75, 3.05) is 20.3 Å². The molecule has 1 N–H and O–H groups in total. The summed E-state index contributed by atoms with van der Waals surface area (Å²) in [7, 11) is 1.63. The topological polar surface area (TPSA) is 51.6 Å². The molecule has 1 aliphatic carbocycles. The van der Waals surface area contributed by atoms with Crippen LogP contribution in [0.5, 0.6) is 5.88 Å². The third-order valence-corrected chi connectivity index (χ3v) is 4.39. The minimum Gasteiger partial charge on any atom is -0.481 e. The van der Waals surface area contributed by atoms with Crippen molar-refractivity contribution >= 4 is 11.6 Å². The van der Waals surface area contributed by atoms with Gasteiger partial charge in [-0.25, -0.2) is 4.98 Å². The molecule has 5 heteroatoms. The first-order chi connectivity index (χ1) is 9.19. The van der Waals surface area contributed by atoms with E-state index in [4.69, 9.17) is 21.1 Å². The van der Waals surface area contributed by atoms with Crippen LogP contribution in [-0.2, 0) is 11.2 Å². The number of hydrogen-bond acceptors (Lipinski definition) is 4. The van der Waals surface area contributed by atoms with Crippen LogP contribution in [0, 0.1) is 5.92 Å². The molecule has 4 nitrogen and oxygen atoms in total. The van der Waals surface area contributed by atoms with Crippen LogP contribution in [0.4, 0.5) is 0 Å². The molecule has 0 amide bonds. The van der Waals surface area contributed by atoms with Gasteiger partial charge in [-0.2, -0.15) is 0 Å². The van der Waals surface area contributed by atoms with Crippen molar-refractivity contribution in [2.45, 2.75) is 31.3 Å². The molecule has 19 heavy (non-hydrogen) atoms. The second kappa shape index (κ2) is 5.27. The Balaban J connectivity index is 1.84. The predicted molar refractivity (Wildman–Crippen MR) is 71.8 cm³/mol. The highest BCUT2D eigenvalue weighted by atomic mass is 35.5. The lowest BCUT2D eigenvalue weighted by Crippen LogP contribution is -2.20. The summed E-state index contributed by atoms with van der Waals surface area (Å²) in [6, 6.07) is 1.93. The summed E-state index contributed by atoms with van der Waals surface area (Å²) in [5.41, 5.74) is 2.40. The average molecular weight is 284 g/mol. The van der Waals surface area contributed by atoms with Crippen molar-refractivity contribution < 1.29 is 14.6 Å². The summed E-state index contributed by atoms with van der Waals surface area (Å²) in [5, 5.41) is 10.4. The first-order valence-corrected chi connectivity index (χ1v) is 7.06. The summed E-state index contributed by atoms with van der Waals surface area (Å²) < 4.78 is 10.7. The fourth-order valence-electron chi connectivity index (χ4n) is 3.24. The van der Waals surface area contributed by atoms with E-state index in [1.807, 2.05) is 6.07 Å². The van der Waals surface area contributed by atoms with Gasteiger partial charge in [0.05, 0.1) is 26.4 Å². The Hall–Kier alpha value is -0.840. The number of aromatic nitrogens is 1. The standard InChI is InChI=1S/C14H18ClNO3/c1-18-14-13-8(4-10-6-19-7-11(10)17)2-3-9(13)5-12(15)16-14/h5,8,10-11,17H,2-4,6-7H2,1H3/t8-,10+,11+/m0/s1. The zero-order valence-corrected chi connectivity index (χ0v) is 11.7. The number of aliphatic hydroxyl groups is 1. The number of rotatable bonds is 3. The normalized spacial score (nSPS) is 29.5. The Morgan fingerprint density at radius 1 is 1.53 bits per heavy atom. The Bertz CT molecular complexity index is 480. The maximum atomic E-state index is 9.87. The van der Waals surface area contributed by atoms with Gasteiger partial charge >= 0.3 is 0 Å². The molecule has 0 bridgehead atoms. The number of pyridine rings is 1. The van der Waals surface area contributed by atoms with Gasteiger partial charge in [0.1, 0.15) is 5.15 Å². The van der Waals surface area contributed by atoms with Crippen LogP contribution in [0.15, 0.2) is 6.07 Å². The lowest BCUT2D eigenvalue weighted by atomic mass is 9.89. The zero-order valence-electron chi connectivity index (χ0n) is 10.9. The number of ether oxygens (including phenoxy) is 2. The van der Waals surface area contributed by atoms with Gasteiger partial charge in [0, 0.05) is 11.5 Å². The highest BCUT2D eigenvalue weighted by Gasteiger charge is 2.34. The molecule has 0 spiro atoms. The largest absolute Gasteiger partial charge is 0.481 e. The van der Waals surface area contributed by atoms with Crippen LogP contribution in [0.1, 0.15) is 29.9 Å². The van der Waals surface area contributed by atoms with Crippen LogP contribution >= 0.6 is 11.6 Å². The number of hydrogen-bond donors (Lipinski definition) is 1. The predicted octanol–water partition coefficient (Wildman–Crippen LogP) is 2.17. The lowest BCUT2D eigenvalue weighted by molar-refractivity contribution is 0.115. The van der Waals surface area contributed by atoms with E-state index in [0.29, 0.717) is 30.2 Å². The summed E-state index contributed by atoms with van der Waals surface area (Å²) in [6.07, 6.45) is 2.66. The van der Waals surface area contributed by atoms with Crippen molar-refractivity contribution in [2.24, 2.45) is 5.92 Å². The number of aliphatic hydroxyl groups excluding tert-OH is 1. The van der Waals surface area contributed by atoms with Crippen molar-refractivity contribution in [3.05, 3.63) is 22.3 Å². The van der Waals surface area contributed by atoms with E-state index in [1.54, 1.807) is 7.11 Å². The van der Waals surface area contributed by atoms with Crippen LogP contribution in [-0.4, -0.2) is 36.5 Å². The molecule has 104 valence electrons. The Kier molecular flexibility index (Phi) is 3.65. The molecule has 1 aliphatic heterocycles. The van der Waals surface area contributed by atoms with Gasteiger partial charge in [-0.1, -0.05) is 11.6 Å². The van der Waals surface area contributed by atoms with E-state index in [0.717, 1.165) is 19.3 Å². The minimum absolute atomic E-state index is 0.219. The van der Waals surface area contributed by atoms with Crippen molar-refractivity contribution in [1.29, 1.82) is 0 Å². The molecule has 0 radical (unpaired) electrons. The van der Waals surface area contributed by atoms with Crippen LogP contribution in [0.2, 0.25) is 5.15 Å². The number of nitrogens with zero attached hydrogens (tertiary/aromatic N) is 1. The van der Waals surface area contributed by atoms with Crippen molar-refractivity contribution in [3.63, 3.8) is 0 Å². The maximum Gasteiger partial charge on any atom is 0.218 e. The van der Waals surface area contributed by atoms with E-state index < -0.39 is 0 Å². The average Bonchev–Trinajstić information content (AvgIpc) is 2.97. The second-order valence-corrected chi connectivity index (χ2v) is 5.75. The zero-order chi connectivity index (χ0) is 13.4. The van der Waals surface area contributed by atoms with Gasteiger partial charge in [0.25, 0.3) is 0 Å². The van der Waals surface area contributed by atoms with Crippen molar-refractivity contribution in [1.82, 2.24) is 4.98 Å². The fraction of sp³-hybridized carbons (Fsp3) is 0.643. The van der Waals surface area contributed by atoms with Gasteiger partial charge in [-0.15, -0.1) is 0 Å². The number of methoxy groups -OCH3 is 1. The molecule has 2 aliphatic rings. The molecule has 0 saturated carbocycles. The van der Waals surface area contributed by atoms with Gasteiger partial charge in [0.2, 0.25) is 5.88 Å². The maximum absolute atomic E-state index is 9.87. The molecule has 0 aromatic carbocycles. The molecule has 3 rings (SSSR count). The van der Waals surface area contributed by atoms with Crippen molar-refractivity contribution in [3.8, 4) is 5.88 Å². The molecule has 1 aromatic heterocycles. The Morgan fingerprint density at radius 3 is 3.05 bits per heavy atom. The Morgan fingerprint density at radius 2 is 2.37 bits per heavy atom. The SMILES string of the molecule is COc1nc(Cl)cc2c1[C@H](C[C@@H]1COC[C@H]1O)CC2.